The van der Waals surface area contributed by atoms with Crippen LogP contribution >= 0.6 is 0 Å². The van der Waals surface area contributed by atoms with Gasteiger partial charge in [-0.3, -0.25) is 0 Å². The zero-order valence-corrected chi connectivity index (χ0v) is 25.1. The first kappa shape index (κ1) is 26.3. The highest BCUT2D eigenvalue weighted by Crippen LogP contribution is 2.39. The van der Waals surface area contributed by atoms with Crippen molar-refractivity contribution >= 4 is 43.5 Å². The number of hydrogen-bond donors (Lipinski definition) is 2. The van der Waals surface area contributed by atoms with Crippen LogP contribution in [0.5, 0.6) is 0 Å². The molecule has 2 heterocycles. The third-order valence-corrected chi connectivity index (χ3v) is 9.34. The quantitative estimate of drug-likeness (QED) is 0.207. The topological polar surface area (TPSA) is 24.1 Å². The van der Waals surface area contributed by atoms with Gasteiger partial charge in [-0.25, -0.2) is 0 Å². The Kier molecular flexibility index (Phi) is 6.42. The lowest BCUT2D eigenvalue weighted by Crippen LogP contribution is -2.13. The molecule has 2 N–H and O–H groups in total. The van der Waals surface area contributed by atoms with Crippen LogP contribution in [0.25, 0.3) is 65.7 Å². The average Bonchev–Trinajstić information content (AvgIpc) is 3.09. The Labute approximate surface area is 258 Å². The largest absolute Gasteiger partial charge is 0.387 e. The van der Waals surface area contributed by atoms with E-state index < -0.39 is 0 Å². The summed E-state index contributed by atoms with van der Waals surface area (Å²) in [7, 11) is 0. The Morgan fingerprint density at radius 2 is 1.02 bits per heavy atom. The first-order valence-corrected chi connectivity index (χ1v) is 15.4. The van der Waals surface area contributed by atoms with E-state index in [9.17, 15) is 0 Å². The fraction of sp³-hybridized carbons (Fsp3) is 0.0952. The maximum Gasteiger partial charge on any atom is 0.0403 e. The van der Waals surface area contributed by atoms with Gasteiger partial charge in [0.2, 0.25) is 0 Å². The molecule has 2 nitrogen and oxygen atoms in total. The molecule has 0 radical (unpaired) electrons. The van der Waals surface area contributed by atoms with Gasteiger partial charge in [0.1, 0.15) is 0 Å². The highest BCUT2D eigenvalue weighted by atomic mass is 14.8. The van der Waals surface area contributed by atoms with Gasteiger partial charge in [-0.15, -0.1) is 0 Å². The van der Waals surface area contributed by atoms with Gasteiger partial charge in [-0.05, 0) is 126 Å². The normalized spacial score (nSPS) is 14.9. The van der Waals surface area contributed by atoms with E-state index in [0.717, 1.165) is 13.1 Å². The fourth-order valence-corrected chi connectivity index (χ4v) is 6.84. The second-order valence-corrected chi connectivity index (χ2v) is 12.0. The Hall–Kier alpha value is -5.34. The maximum absolute atomic E-state index is 3.35. The summed E-state index contributed by atoms with van der Waals surface area (Å²) in [6.45, 7) is 6.14. The summed E-state index contributed by atoms with van der Waals surface area (Å²) in [6.07, 6.45) is 8.56. The molecular weight excluding hydrogens is 532 g/mol. The van der Waals surface area contributed by atoms with Crippen LogP contribution in [-0.4, -0.2) is 13.1 Å². The lowest BCUT2D eigenvalue weighted by molar-refractivity contribution is 0.964. The van der Waals surface area contributed by atoms with E-state index in [2.05, 4.69) is 152 Å². The Balaban J connectivity index is 1.25. The van der Waals surface area contributed by atoms with Crippen LogP contribution in [0, 0.1) is 0 Å². The summed E-state index contributed by atoms with van der Waals surface area (Å²) in [5.41, 5.74) is 12.7. The molecule has 2 aliphatic heterocycles. The highest BCUT2D eigenvalue weighted by molar-refractivity contribution is 6.26. The minimum absolute atomic E-state index is 0.869. The van der Waals surface area contributed by atoms with Gasteiger partial charge >= 0.3 is 0 Å². The first-order chi connectivity index (χ1) is 21.6. The number of rotatable bonds is 4. The number of fused-ring (bicyclic) bond motifs is 6. The second kappa shape index (κ2) is 10.7. The van der Waals surface area contributed by atoms with Crippen molar-refractivity contribution in [2.24, 2.45) is 0 Å². The highest BCUT2D eigenvalue weighted by Gasteiger charge is 2.13. The molecule has 8 rings (SSSR count). The van der Waals surface area contributed by atoms with Crippen molar-refractivity contribution in [1.29, 1.82) is 0 Å². The van der Waals surface area contributed by atoms with E-state index in [4.69, 9.17) is 0 Å². The number of hydrogen-bond acceptors (Lipinski definition) is 2. The monoisotopic (exact) mass is 566 g/mol. The van der Waals surface area contributed by atoms with Gasteiger partial charge in [0.05, 0.1) is 0 Å². The van der Waals surface area contributed by atoms with Gasteiger partial charge in [0.15, 0.2) is 0 Å². The summed E-state index contributed by atoms with van der Waals surface area (Å²) in [4.78, 5) is 0. The van der Waals surface area contributed by atoms with Crippen molar-refractivity contribution in [3.05, 3.63) is 156 Å². The molecule has 2 heteroatoms. The third kappa shape index (κ3) is 4.51. The molecule has 0 aliphatic carbocycles. The molecule has 212 valence electrons. The average molecular weight is 567 g/mol. The van der Waals surface area contributed by atoms with E-state index in [-0.39, 0.29) is 0 Å². The van der Waals surface area contributed by atoms with Gasteiger partial charge in [-0.2, -0.15) is 0 Å². The molecular formula is C42H34N2. The Bertz CT molecular complexity index is 2210. The van der Waals surface area contributed by atoms with Crippen LogP contribution in [0.4, 0.5) is 0 Å². The van der Waals surface area contributed by atoms with Crippen molar-refractivity contribution in [3.8, 4) is 22.3 Å². The summed E-state index contributed by atoms with van der Waals surface area (Å²) < 4.78 is 0. The molecule has 6 aromatic carbocycles. The summed E-state index contributed by atoms with van der Waals surface area (Å²) in [6, 6.07) is 40.8. The number of benzene rings is 6. The van der Waals surface area contributed by atoms with Crippen molar-refractivity contribution < 1.29 is 0 Å². The zero-order valence-electron chi connectivity index (χ0n) is 25.1. The van der Waals surface area contributed by atoms with Crippen LogP contribution in [0.15, 0.2) is 145 Å². The van der Waals surface area contributed by atoms with Gasteiger partial charge in [0.25, 0.3) is 0 Å². The molecule has 0 bridgehead atoms. The molecule has 0 aromatic heterocycles. The van der Waals surface area contributed by atoms with Gasteiger partial charge < -0.3 is 10.6 Å². The fourth-order valence-electron chi connectivity index (χ4n) is 6.84. The van der Waals surface area contributed by atoms with Gasteiger partial charge in [0, 0.05) is 19.3 Å². The second-order valence-electron chi connectivity index (χ2n) is 12.0. The Morgan fingerprint density at radius 1 is 0.500 bits per heavy atom. The first-order valence-electron chi connectivity index (χ1n) is 15.4. The summed E-state index contributed by atoms with van der Waals surface area (Å²) >= 11 is 0. The van der Waals surface area contributed by atoms with Crippen molar-refractivity contribution in [1.82, 2.24) is 10.6 Å². The van der Waals surface area contributed by atoms with E-state index in [0.29, 0.717) is 0 Å². The van der Waals surface area contributed by atoms with E-state index in [1.807, 2.05) is 6.20 Å². The van der Waals surface area contributed by atoms with E-state index in [1.54, 1.807) is 0 Å². The molecule has 6 aromatic rings. The number of allylic oxidation sites excluding steroid dienone is 4. The molecule has 0 amide bonds. The molecule has 0 unspecified atom stereocenters. The summed E-state index contributed by atoms with van der Waals surface area (Å²) in [5, 5.41) is 14.5. The minimum Gasteiger partial charge on any atom is -0.387 e. The van der Waals surface area contributed by atoms with Crippen molar-refractivity contribution in [2.75, 3.05) is 13.1 Å². The SMILES string of the molecule is CC1=CCNC=C1c1ccc(-c2ccc3c4ccccc4c4ccc(-c5ccc(C6=C(C)C=CNC6)cc5)cc4c3c2)cc1. The van der Waals surface area contributed by atoms with E-state index >= 15 is 0 Å². The molecule has 0 atom stereocenters. The van der Waals surface area contributed by atoms with Crippen LogP contribution in [-0.2, 0) is 0 Å². The van der Waals surface area contributed by atoms with Crippen molar-refractivity contribution in [2.45, 2.75) is 13.8 Å². The van der Waals surface area contributed by atoms with E-state index in [1.165, 1.54) is 88.0 Å². The van der Waals surface area contributed by atoms with Crippen molar-refractivity contribution in [3.63, 3.8) is 0 Å². The summed E-state index contributed by atoms with van der Waals surface area (Å²) in [5.74, 6) is 0. The zero-order chi connectivity index (χ0) is 29.6. The lowest BCUT2D eigenvalue weighted by atomic mass is 9.89. The number of dihydropyridines is 2. The molecule has 0 spiro atoms. The molecule has 0 fully saturated rings. The molecule has 0 saturated carbocycles. The third-order valence-electron chi connectivity index (χ3n) is 9.34. The van der Waals surface area contributed by atoms with Gasteiger partial charge in [-0.1, -0.05) is 103 Å². The Morgan fingerprint density at radius 3 is 1.59 bits per heavy atom. The smallest absolute Gasteiger partial charge is 0.0403 e. The number of nitrogens with one attached hydrogen (secondary N) is 2. The maximum atomic E-state index is 3.35. The molecule has 44 heavy (non-hydrogen) atoms. The minimum atomic E-state index is 0.869. The molecule has 2 aliphatic rings. The lowest BCUT2D eigenvalue weighted by Gasteiger charge is -2.16. The van der Waals surface area contributed by atoms with Crippen LogP contribution in [0.2, 0.25) is 0 Å². The van der Waals surface area contributed by atoms with Crippen LogP contribution < -0.4 is 10.6 Å². The standard InChI is InChI=1S/C42H34N2/c1-27-19-21-43-25-41(27)31-11-7-29(8-12-31)33-15-17-37-35-5-3-4-6-36(35)38-18-16-34(24-40(38)39(37)23-33)30-9-13-32(14-10-30)42-26-44-22-20-28(42)2/h3-21,23-24,26,43-44H,22,25H2,1-2H3. The van der Waals surface area contributed by atoms with Crippen LogP contribution in [0.3, 0.4) is 0 Å². The predicted molar refractivity (Wildman–Crippen MR) is 189 cm³/mol. The van der Waals surface area contributed by atoms with Crippen LogP contribution in [0.1, 0.15) is 25.0 Å². The molecule has 0 saturated heterocycles. The predicted octanol–water partition coefficient (Wildman–Crippen LogP) is 10.3.